The zero-order chi connectivity index (χ0) is 13.8. The lowest BCUT2D eigenvalue weighted by Gasteiger charge is -2.13. The topological polar surface area (TPSA) is 42.2 Å². The van der Waals surface area contributed by atoms with Gasteiger partial charge in [0.05, 0.1) is 12.6 Å². The van der Waals surface area contributed by atoms with E-state index in [4.69, 9.17) is 0 Å². The average Bonchev–Trinajstić information content (AvgIpc) is 2.42. The summed E-state index contributed by atoms with van der Waals surface area (Å²) in [6.45, 7) is 4.26. The molecule has 1 aromatic heterocycles. The van der Waals surface area contributed by atoms with E-state index in [0.29, 0.717) is 0 Å². The summed E-state index contributed by atoms with van der Waals surface area (Å²) in [4.78, 5) is 11.8. The highest BCUT2D eigenvalue weighted by molar-refractivity contribution is 5.24. The van der Waals surface area contributed by atoms with Crippen molar-refractivity contribution < 1.29 is 5.11 Å². The Morgan fingerprint density at radius 1 is 1.21 bits per heavy atom. The van der Waals surface area contributed by atoms with Crippen molar-refractivity contribution in [3.8, 4) is 0 Å². The largest absolute Gasteiger partial charge is 0.387 e. The molecule has 3 heteroatoms. The Morgan fingerprint density at radius 2 is 1.89 bits per heavy atom. The molecule has 3 nitrogen and oxygen atoms in total. The Kier molecular flexibility index (Phi) is 4.17. The molecule has 0 fully saturated rings. The first-order valence-corrected chi connectivity index (χ1v) is 6.54. The predicted molar refractivity (Wildman–Crippen MR) is 76.2 cm³/mol. The van der Waals surface area contributed by atoms with E-state index >= 15 is 0 Å². The van der Waals surface area contributed by atoms with Gasteiger partial charge in [-0.15, -0.1) is 0 Å². The predicted octanol–water partition coefficient (Wildman–Crippen LogP) is 2.45. The second-order valence-electron chi connectivity index (χ2n) is 4.81. The van der Waals surface area contributed by atoms with E-state index in [9.17, 15) is 9.90 Å². The third kappa shape index (κ3) is 3.32. The Morgan fingerprint density at radius 3 is 2.47 bits per heavy atom. The maximum Gasteiger partial charge on any atom is 0.250 e. The number of nitrogens with zero attached hydrogens (tertiary/aromatic N) is 1. The summed E-state index contributed by atoms with van der Waals surface area (Å²) >= 11 is 0. The van der Waals surface area contributed by atoms with Gasteiger partial charge in [0.1, 0.15) is 0 Å². The molecule has 1 N–H and O–H groups in total. The summed E-state index contributed by atoms with van der Waals surface area (Å²) in [5.74, 6) is 0. The van der Waals surface area contributed by atoms with Gasteiger partial charge >= 0.3 is 0 Å². The highest BCUT2D eigenvalue weighted by Gasteiger charge is 2.09. The van der Waals surface area contributed by atoms with Crippen molar-refractivity contribution in [2.24, 2.45) is 0 Å². The van der Waals surface area contributed by atoms with Crippen LogP contribution in [0.1, 0.15) is 29.7 Å². The summed E-state index contributed by atoms with van der Waals surface area (Å²) in [6.07, 6.45) is 2.04. The number of hydrogen-bond acceptors (Lipinski definition) is 2. The fraction of sp³-hybridized carbons (Fsp3) is 0.312. The quantitative estimate of drug-likeness (QED) is 0.914. The fourth-order valence-corrected chi connectivity index (χ4v) is 2.02. The number of aliphatic hydroxyl groups excluding tert-OH is 1. The number of pyridine rings is 1. The molecule has 1 atom stereocenters. The molecule has 0 bridgehead atoms. The van der Waals surface area contributed by atoms with Crippen LogP contribution in [0.2, 0.25) is 0 Å². The molecule has 0 aliphatic rings. The zero-order valence-corrected chi connectivity index (χ0v) is 11.3. The lowest BCUT2D eigenvalue weighted by atomic mass is 10.1. The number of aliphatic hydroxyl groups is 1. The van der Waals surface area contributed by atoms with Gasteiger partial charge < -0.3 is 9.67 Å². The van der Waals surface area contributed by atoms with Crippen LogP contribution in [0.4, 0.5) is 0 Å². The Hall–Kier alpha value is -1.87. The molecule has 0 amide bonds. The van der Waals surface area contributed by atoms with E-state index in [2.05, 4.69) is 6.92 Å². The lowest BCUT2D eigenvalue weighted by Crippen LogP contribution is -2.22. The van der Waals surface area contributed by atoms with Crippen molar-refractivity contribution in [2.45, 2.75) is 32.9 Å². The minimum atomic E-state index is -0.661. The summed E-state index contributed by atoms with van der Waals surface area (Å²) in [5.41, 5.74) is 2.93. The van der Waals surface area contributed by atoms with Gasteiger partial charge in [0.25, 0.3) is 5.56 Å². The van der Waals surface area contributed by atoms with Gasteiger partial charge in [-0.1, -0.05) is 31.2 Å². The lowest BCUT2D eigenvalue weighted by molar-refractivity contribution is 0.155. The number of aryl methyl sites for hydroxylation is 2. The molecule has 0 aliphatic heterocycles. The van der Waals surface area contributed by atoms with Crippen LogP contribution >= 0.6 is 0 Å². The van der Waals surface area contributed by atoms with Crippen molar-refractivity contribution in [1.29, 1.82) is 0 Å². The van der Waals surface area contributed by atoms with E-state index in [1.54, 1.807) is 12.3 Å². The van der Waals surface area contributed by atoms with E-state index in [1.807, 2.05) is 37.3 Å². The molecule has 1 heterocycles. The van der Waals surface area contributed by atoms with Crippen molar-refractivity contribution in [2.75, 3.05) is 0 Å². The molecule has 19 heavy (non-hydrogen) atoms. The molecular weight excluding hydrogens is 238 g/mol. The first-order chi connectivity index (χ1) is 9.10. The third-order valence-corrected chi connectivity index (χ3v) is 3.29. The minimum absolute atomic E-state index is 0.0794. The summed E-state index contributed by atoms with van der Waals surface area (Å²) < 4.78 is 1.53. The highest BCUT2D eigenvalue weighted by Crippen LogP contribution is 2.15. The van der Waals surface area contributed by atoms with Gasteiger partial charge in [-0.25, -0.2) is 0 Å². The fourth-order valence-electron chi connectivity index (χ4n) is 2.02. The van der Waals surface area contributed by atoms with Gasteiger partial charge in [-0.3, -0.25) is 4.79 Å². The zero-order valence-electron chi connectivity index (χ0n) is 11.3. The normalized spacial score (nSPS) is 12.4. The van der Waals surface area contributed by atoms with E-state index in [0.717, 1.165) is 17.5 Å². The molecule has 1 unspecified atom stereocenters. The molecular formula is C16H19NO2. The van der Waals surface area contributed by atoms with Crippen molar-refractivity contribution in [1.82, 2.24) is 4.57 Å². The first-order valence-electron chi connectivity index (χ1n) is 6.54. The molecule has 2 rings (SSSR count). The van der Waals surface area contributed by atoms with Crippen LogP contribution in [0.25, 0.3) is 0 Å². The second kappa shape index (κ2) is 5.85. The summed E-state index contributed by atoms with van der Waals surface area (Å²) in [7, 11) is 0. The number of hydrogen-bond donors (Lipinski definition) is 1. The summed E-state index contributed by atoms with van der Waals surface area (Å²) in [6, 6.07) is 11.3. The Bertz CT molecular complexity index is 599. The van der Waals surface area contributed by atoms with Gasteiger partial charge in [0.2, 0.25) is 0 Å². The van der Waals surface area contributed by atoms with Crippen molar-refractivity contribution >= 4 is 0 Å². The van der Waals surface area contributed by atoms with Gasteiger partial charge in [-0.05, 0) is 36.1 Å². The minimum Gasteiger partial charge on any atom is -0.387 e. The Labute approximate surface area is 113 Å². The number of rotatable bonds is 4. The van der Waals surface area contributed by atoms with Crippen LogP contribution in [0, 0.1) is 6.92 Å². The molecule has 0 saturated heterocycles. The third-order valence-electron chi connectivity index (χ3n) is 3.29. The number of benzene rings is 1. The Balaban J connectivity index is 2.15. The monoisotopic (exact) mass is 257 g/mol. The van der Waals surface area contributed by atoms with E-state index < -0.39 is 6.10 Å². The molecule has 2 aromatic rings. The van der Waals surface area contributed by atoms with Crippen LogP contribution < -0.4 is 5.56 Å². The number of aromatic nitrogens is 1. The van der Waals surface area contributed by atoms with Crippen LogP contribution in [0.15, 0.2) is 47.4 Å². The molecule has 0 radical (unpaired) electrons. The van der Waals surface area contributed by atoms with Gasteiger partial charge in [0, 0.05) is 12.3 Å². The van der Waals surface area contributed by atoms with Crippen molar-refractivity contribution in [3.05, 3.63) is 69.6 Å². The molecule has 0 spiro atoms. The maximum atomic E-state index is 11.8. The van der Waals surface area contributed by atoms with Crippen LogP contribution in [0.3, 0.4) is 0 Å². The van der Waals surface area contributed by atoms with Crippen molar-refractivity contribution in [3.63, 3.8) is 0 Å². The van der Waals surface area contributed by atoms with Gasteiger partial charge in [-0.2, -0.15) is 0 Å². The first kappa shape index (κ1) is 13.6. The molecule has 100 valence electrons. The van der Waals surface area contributed by atoms with Crippen LogP contribution in [0.5, 0.6) is 0 Å². The standard InChI is InChI=1S/C16H19NO2/c1-3-13-4-6-14(7-5-13)15(18)11-17-9-8-12(2)10-16(17)19/h4-10,15,18H,3,11H2,1-2H3. The molecule has 0 aliphatic carbocycles. The van der Waals surface area contributed by atoms with Crippen LogP contribution in [-0.4, -0.2) is 9.67 Å². The second-order valence-corrected chi connectivity index (χ2v) is 4.81. The smallest absolute Gasteiger partial charge is 0.250 e. The van der Waals surface area contributed by atoms with E-state index in [1.165, 1.54) is 10.1 Å². The molecule has 0 saturated carbocycles. The average molecular weight is 257 g/mol. The van der Waals surface area contributed by atoms with Crippen LogP contribution in [-0.2, 0) is 13.0 Å². The highest BCUT2D eigenvalue weighted by atomic mass is 16.3. The SMILES string of the molecule is CCc1ccc(C(O)Cn2ccc(C)cc2=O)cc1. The summed E-state index contributed by atoms with van der Waals surface area (Å²) in [5, 5.41) is 10.2. The van der Waals surface area contributed by atoms with Gasteiger partial charge in [0.15, 0.2) is 0 Å². The van der Waals surface area contributed by atoms with E-state index in [-0.39, 0.29) is 12.1 Å². The molecule has 1 aromatic carbocycles. The maximum absolute atomic E-state index is 11.8.